The van der Waals surface area contributed by atoms with Crippen molar-refractivity contribution in [3.05, 3.63) is 0 Å². The van der Waals surface area contributed by atoms with Gasteiger partial charge in [-0.1, -0.05) is 20.8 Å². The molecule has 0 aliphatic heterocycles. The monoisotopic (exact) mass is 287 g/mol. The first-order chi connectivity index (χ1) is 9.21. The van der Waals surface area contributed by atoms with Gasteiger partial charge in [0.1, 0.15) is 5.54 Å². The number of nitrogens with one attached hydrogen (secondary N) is 1. The van der Waals surface area contributed by atoms with Crippen LogP contribution in [0, 0.1) is 5.92 Å². The Morgan fingerprint density at radius 3 is 2.25 bits per heavy atom. The molecule has 20 heavy (non-hydrogen) atoms. The summed E-state index contributed by atoms with van der Waals surface area (Å²) in [4.78, 5) is 15.9. The smallest absolute Gasteiger partial charge is 0.323 e. The van der Waals surface area contributed by atoms with Gasteiger partial charge in [0.05, 0.1) is 0 Å². The maximum Gasteiger partial charge on any atom is 0.323 e. The molecule has 5 heteroatoms. The van der Waals surface area contributed by atoms with Gasteiger partial charge in [-0.3, -0.25) is 4.79 Å². The number of carboxylic acid groups (broad SMARTS) is 1. The third-order valence-electron chi connectivity index (χ3n) is 3.45. The number of carbonyl (C=O) groups is 1. The van der Waals surface area contributed by atoms with E-state index in [0.717, 1.165) is 26.2 Å². The summed E-state index contributed by atoms with van der Waals surface area (Å²) in [6, 6.07) is 0. The van der Waals surface area contributed by atoms with Crippen LogP contribution in [0.25, 0.3) is 0 Å². The molecular weight excluding hydrogens is 254 g/mol. The first-order valence-corrected chi connectivity index (χ1v) is 7.56. The number of likely N-dealkylation sites (N-methyl/N-ethyl adjacent to an activating group) is 2. The maximum atomic E-state index is 11.4. The van der Waals surface area contributed by atoms with Crippen LogP contribution >= 0.6 is 0 Å². The van der Waals surface area contributed by atoms with Crippen LogP contribution in [-0.4, -0.2) is 73.2 Å². The van der Waals surface area contributed by atoms with Gasteiger partial charge in [0, 0.05) is 26.2 Å². The zero-order valence-electron chi connectivity index (χ0n) is 14.1. The van der Waals surface area contributed by atoms with E-state index in [9.17, 15) is 9.90 Å². The molecule has 0 heterocycles. The molecule has 0 fully saturated rings. The molecule has 0 aromatic rings. The lowest BCUT2D eigenvalue weighted by molar-refractivity contribution is -0.144. The molecule has 0 rings (SSSR count). The SMILES string of the molecule is CCNC(C)(CCN(CCN(C)C)CC(C)C)C(=O)O. The number of hydrogen-bond donors (Lipinski definition) is 2. The second kappa shape index (κ2) is 9.32. The molecule has 1 unspecified atom stereocenters. The number of rotatable bonds is 11. The highest BCUT2D eigenvalue weighted by Gasteiger charge is 2.32. The first kappa shape index (κ1) is 19.4. The fraction of sp³-hybridized carbons (Fsp3) is 0.933. The van der Waals surface area contributed by atoms with Crippen molar-refractivity contribution in [2.75, 3.05) is 46.8 Å². The van der Waals surface area contributed by atoms with Gasteiger partial charge in [0.15, 0.2) is 0 Å². The van der Waals surface area contributed by atoms with E-state index < -0.39 is 11.5 Å². The molecule has 1 atom stereocenters. The van der Waals surface area contributed by atoms with E-state index in [2.05, 4.69) is 43.1 Å². The summed E-state index contributed by atoms with van der Waals surface area (Å²) in [5.41, 5.74) is -0.831. The van der Waals surface area contributed by atoms with Gasteiger partial charge in [-0.15, -0.1) is 0 Å². The summed E-state index contributed by atoms with van der Waals surface area (Å²) >= 11 is 0. The Balaban J connectivity index is 4.51. The van der Waals surface area contributed by atoms with E-state index in [-0.39, 0.29) is 0 Å². The molecule has 0 saturated carbocycles. The topological polar surface area (TPSA) is 55.8 Å². The molecule has 0 aromatic carbocycles. The van der Waals surface area contributed by atoms with E-state index >= 15 is 0 Å². The van der Waals surface area contributed by atoms with Gasteiger partial charge in [0.25, 0.3) is 0 Å². The minimum atomic E-state index is -0.831. The molecule has 0 aromatic heterocycles. The molecule has 0 amide bonds. The van der Waals surface area contributed by atoms with Crippen LogP contribution < -0.4 is 5.32 Å². The summed E-state index contributed by atoms with van der Waals surface area (Å²) in [7, 11) is 4.13. The Hall–Kier alpha value is -0.650. The highest BCUT2D eigenvalue weighted by atomic mass is 16.4. The summed E-state index contributed by atoms with van der Waals surface area (Å²) in [5, 5.41) is 12.5. The number of hydrogen-bond acceptors (Lipinski definition) is 4. The number of nitrogens with zero attached hydrogens (tertiary/aromatic N) is 2. The molecule has 120 valence electrons. The zero-order valence-corrected chi connectivity index (χ0v) is 14.1. The van der Waals surface area contributed by atoms with Crippen molar-refractivity contribution in [3.63, 3.8) is 0 Å². The average Bonchev–Trinajstić information content (AvgIpc) is 2.32. The Labute approximate surface area is 124 Å². The molecule has 0 aliphatic rings. The Bertz CT molecular complexity index is 282. The molecule has 0 aliphatic carbocycles. The number of carboxylic acids is 1. The summed E-state index contributed by atoms with van der Waals surface area (Å²) in [5.74, 6) is -0.177. The second-order valence-electron chi connectivity index (χ2n) is 6.42. The highest BCUT2D eigenvalue weighted by Crippen LogP contribution is 2.12. The van der Waals surface area contributed by atoms with Crippen LogP contribution in [0.2, 0.25) is 0 Å². The average molecular weight is 287 g/mol. The van der Waals surface area contributed by atoms with Crippen molar-refractivity contribution in [2.24, 2.45) is 5.92 Å². The Morgan fingerprint density at radius 1 is 1.25 bits per heavy atom. The largest absolute Gasteiger partial charge is 0.480 e. The van der Waals surface area contributed by atoms with Crippen molar-refractivity contribution in [1.29, 1.82) is 0 Å². The lowest BCUT2D eigenvalue weighted by Crippen LogP contribution is -2.51. The molecule has 0 radical (unpaired) electrons. The fourth-order valence-electron chi connectivity index (χ4n) is 2.20. The highest BCUT2D eigenvalue weighted by molar-refractivity contribution is 5.78. The van der Waals surface area contributed by atoms with E-state index in [1.807, 2.05) is 6.92 Å². The standard InChI is InChI=1S/C15H33N3O2/c1-7-16-15(4,14(19)20)8-9-18(12-13(2)3)11-10-17(5)6/h13,16H,7-12H2,1-6H3,(H,19,20). The minimum absolute atomic E-state index is 0.590. The lowest BCUT2D eigenvalue weighted by atomic mass is 9.97. The van der Waals surface area contributed by atoms with Crippen molar-refractivity contribution >= 4 is 5.97 Å². The van der Waals surface area contributed by atoms with E-state index in [1.165, 1.54) is 0 Å². The van der Waals surface area contributed by atoms with Gasteiger partial charge in [-0.25, -0.2) is 0 Å². The summed E-state index contributed by atoms with van der Waals surface area (Å²) < 4.78 is 0. The number of aliphatic carboxylic acids is 1. The lowest BCUT2D eigenvalue weighted by Gasteiger charge is -2.31. The van der Waals surface area contributed by atoms with Gasteiger partial charge in [-0.2, -0.15) is 0 Å². The van der Waals surface area contributed by atoms with Crippen LogP contribution in [0.3, 0.4) is 0 Å². The van der Waals surface area contributed by atoms with Crippen LogP contribution in [-0.2, 0) is 4.79 Å². The normalized spacial score (nSPS) is 15.1. The summed E-state index contributed by atoms with van der Waals surface area (Å²) in [6.45, 7) is 12.6. The van der Waals surface area contributed by atoms with Crippen molar-refractivity contribution < 1.29 is 9.90 Å². The predicted octanol–water partition coefficient (Wildman–Crippen LogP) is 1.35. The van der Waals surface area contributed by atoms with Gasteiger partial charge >= 0.3 is 5.97 Å². The van der Waals surface area contributed by atoms with Crippen LogP contribution in [0.5, 0.6) is 0 Å². The molecular formula is C15H33N3O2. The molecule has 2 N–H and O–H groups in total. The fourth-order valence-corrected chi connectivity index (χ4v) is 2.20. The second-order valence-corrected chi connectivity index (χ2v) is 6.42. The van der Waals surface area contributed by atoms with Gasteiger partial charge < -0.3 is 20.2 Å². The summed E-state index contributed by atoms with van der Waals surface area (Å²) in [6.07, 6.45) is 0.621. The van der Waals surface area contributed by atoms with E-state index in [0.29, 0.717) is 18.9 Å². The van der Waals surface area contributed by atoms with Crippen LogP contribution in [0.15, 0.2) is 0 Å². The van der Waals surface area contributed by atoms with Crippen molar-refractivity contribution in [3.8, 4) is 0 Å². The van der Waals surface area contributed by atoms with Gasteiger partial charge in [-0.05, 0) is 39.9 Å². The quantitative estimate of drug-likeness (QED) is 0.601. The van der Waals surface area contributed by atoms with E-state index in [4.69, 9.17) is 0 Å². The van der Waals surface area contributed by atoms with Crippen LogP contribution in [0.1, 0.15) is 34.1 Å². The molecule has 5 nitrogen and oxygen atoms in total. The minimum Gasteiger partial charge on any atom is -0.480 e. The Kier molecular flexibility index (Phi) is 9.01. The third kappa shape index (κ3) is 7.82. The Morgan fingerprint density at radius 2 is 1.85 bits per heavy atom. The van der Waals surface area contributed by atoms with E-state index in [1.54, 1.807) is 6.92 Å². The zero-order chi connectivity index (χ0) is 15.8. The molecule has 0 saturated heterocycles. The third-order valence-corrected chi connectivity index (χ3v) is 3.45. The maximum absolute atomic E-state index is 11.4. The molecule has 0 bridgehead atoms. The predicted molar refractivity (Wildman–Crippen MR) is 84.2 cm³/mol. The van der Waals surface area contributed by atoms with Crippen molar-refractivity contribution in [2.45, 2.75) is 39.7 Å². The molecule has 0 spiro atoms. The first-order valence-electron chi connectivity index (χ1n) is 7.56. The van der Waals surface area contributed by atoms with Crippen molar-refractivity contribution in [1.82, 2.24) is 15.1 Å². The van der Waals surface area contributed by atoms with Gasteiger partial charge in [0.2, 0.25) is 0 Å². The van der Waals surface area contributed by atoms with Crippen LogP contribution in [0.4, 0.5) is 0 Å².